The molecule has 0 unspecified atom stereocenters. The molecule has 0 saturated heterocycles. The average molecular weight is 752 g/mol. The third kappa shape index (κ3) is 5.40. The number of nitrogens with zero attached hydrogens (tertiary/aromatic N) is 1. The Morgan fingerprint density at radius 3 is 1.95 bits per heavy atom. The minimum Gasteiger partial charge on any atom is -0.454 e. The van der Waals surface area contributed by atoms with Crippen LogP contribution in [-0.4, -0.2) is 0 Å². The number of hydrogen-bond donors (Lipinski definition) is 0. The Morgan fingerprint density at radius 1 is 0.474 bits per heavy atom. The van der Waals surface area contributed by atoms with Gasteiger partial charge in [0, 0.05) is 36.1 Å². The first kappa shape index (κ1) is 17.7. The lowest BCUT2D eigenvalue weighted by Gasteiger charge is -2.30. The molecular weight excluding hydrogens is 691 g/mol. The van der Waals surface area contributed by atoms with Gasteiger partial charge in [0.25, 0.3) is 0 Å². The molecule has 1 heterocycles. The second-order valence-electron chi connectivity index (χ2n) is 13.6. The lowest BCUT2D eigenvalue weighted by molar-refractivity contribution is 0.489. The first-order chi connectivity index (χ1) is 37.2. The molecule has 9 aromatic carbocycles. The summed E-state index contributed by atoms with van der Waals surface area (Å²) in [5.41, 5.74) is -6.70. The number of rotatable bonds is 5. The van der Waals surface area contributed by atoms with Gasteiger partial charge in [0.05, 0.1) is 27.6 Å². The molecule has 57 heavy (non-hydrogen) atoms. The molecule has 0 fully saturated rings. The lowest BCUT2D eigenvalue weighted by atomic mass is 9.82. The maximum atomic E-state index is 10.3. The molecule has 0 bridgehead atoms. The second kappa shape index (κ2) is 13.0. The van der Waals surface area contributed by atoms with Crippen LogP contribution in [0.5, 0.6) is 11.5 Å². The summed E-state index contributed by atoms with van der Waals surface area (Å²) in [6.07, 6.45) is 0. The van der Waals surface area contributed by atoms with Gasteiger partial charge >= 0.3 is 0 Å². The van der Waals surface area contributed by atoms with Crippen LogP contribution in [0.2, 0.25) is 0 Å². The molecular formula is C55H39NO. The molecule has 0 aromatic heterocycles. The van der Waals surface area contributed by atoms with Crippen molar-refractivity contribution in [2.24, 2.45) is 0 Å². The normalized spacial score (nSPS) is 18.9. The fourth-order valence-electron chi connectivity index (χ4n) is 7.61. The summed E-state index contributed by atoms with van der Waals surface area (Å²) in [5.74, 6) is 0.108. The van der Waals surface area contributed by atoms with E-state index in [1.54, 1.807) is 12.1 Å². The van der Waals surface area contributed by atoms with Crippen LogP contribution in [0.4, 0.5) is 17.1 Å². The highest BCUT2D eigenvalue weighted by Gasteiger charge is 2.36. The molecule has 2 aliphatic rings. The van der Waals surface area contributed by atoms with Crippen molar-refractivity contribution < 1.29 is 34.9 Å². The van der Waals surface area contributed by atoms with Gasteiger partial charge in [-0.3, -0.25) is 0 Å². The largest absolute Gasteiger partial charge is 0.454 e. The molecule has 270 valence electrons. The number of para-hydroxylation sites is 1. The van der Waals surface area contributed by atoms with Gasteiger partial charge in [-0.25, -0.2) is 0 Å². The topological polar surface area (TPSA) is 12.5 Å². The molecule has 1 aliphatic heterocycles. The Kier molecular flexibility index (Phi) is 4.04. The summed E-state index contributed by atoms with van der Waals surface area (Å²) in [5, 5.41) is 1.62. The van der Waals surface area contributed by atoms with Crippen molar-refractivity contribution in [1.29, 1.82) is 0 Å². The van der Waals surface area contributed by atoms with Crippen LogP contribution in [0.25, 0.3) is 66.4 Å². The predicted molar refractivity (Wildman–Crippen MR) is 238 cm³/mol. The van der Waals surface area contributed by atoms with Gasteiger partial charge in [-0.2, -0.15) is 0 Å². The molecule has 0 N–H and O–H groups in total. The van der Waals surface area contributed by atoms with Crippen molar-refractivity contribution in [2.75, 3.05) is 4.90 Å². The van der Waals surface area contributed by atoms with Gasteiger partial charge < -0.3 is 9.64 Å². The first-order valence-corrected chi connectivity index (χ1v) is 18.0. The Hall–Kier alpha value is -7.16. The van der Waals surface area contributed by atoms with Gasteiger partial charge in [-0.05, 0) is 121 Å². The summed E-state index contributed by atoms with van der Waals surface area (Å²) in [6.45, 7) is -7.64. The van der Waals surface area contributed by atoms with E-state index < -0.39 is 161 Å². The Morgan fingerprint density at radius 2 is 1.16 bits per heavy atom. The molecule has 0 saturated carbocycles. The van der Waals surface area contributed by atoms with Crippen molar-refractivity contribution in [3.63, 3.8) is 0 Å². The number of fused-ring (bicyclic) bond motifs is 9. The van der Waals surface area contributed by atoms with Crippen molar-refractivity contribution in [2.45, 2.75) is 19.1 Å². The molecule has 2 heteroatoms. The SMILES string of the molecule is [2H]c1c([2H])c([2H])c(-c2c([2H])c([2H])c(N(c3cccc4c3Oc3ccc(-c5ccccc5)cc3-c3cc5ccccc5cc3-4)c3c([2H])c([2H])c4c(c3[2H])C(C([2H])([2H])[2H])(C([2H])([2H])[2H])c3c([2H])c([2H])c([2H])c([2H])c3-4)c([2H])c2[2H])c([2H])c1[2H]. The number of hydrogen-bond acceptors (Lipinski definition) is 2. The Bertz CT molecular complexity index is 4100. The summed E-state index contributed by atoms with van der Waals surface area (Å²) >= 11 is 0. The van der Waals surface area contributed by atoms with E-state index in [2.05, 4.69) is 0 Å². The third-order valence-corrected chi connectivity index (χ3v) is 10.3. The highest BCUT2D eigenvalue weighted by molar-refractivity contribution is 6.02. The van der Waals surface area contributed by atoms with Crippen molar-refractivity contribution in [3.8, 4) is 67.1 Å². The Balaban J connectivity index is 1.31. The van der Waals surface area contributed by atoms with E-state index in [0.717, 1.165) is 26.8 Å². The minimum absolute atomic E-state index is 0.122. The summed E-state index contributed by atoms with van der Waals surface area (Å²) in [7, 11) is 0. The van der Waals surface area contributed by atoms with Crippen LogP contribution < -0.4 is 9.64 Å². The molecule has 11 rings (SSSR count). The summed E-state index contributed by atoms with van der Waals surface area (Å²) in [6, 6.07) is 15.5. The second-order valence-corrected chi connectivity index (χ2v) is 13.6. The average Bonchev–Trinajstić information content (AvgIpc) is 1.94. The van der Waals surface area contributed by atoms with E-state index in [4.69, 9.17) is 25.3 Å². The van der Waals surface area contributed by atoms with E-state index in [0.29, 0.717) is 22.3 Å². The third-order valence-electron chi connectivity index (χ3n) is 10.3. The standard InChI is InChI=1S/C55H39NO/c1-55(2)50-22-12-11-20-44(50)45-30-29-43(35-51(45)55)56(42-27-24-38(25-28-42)36-14-5-3-6-15-36)52-23-13-21-46-47-32-39-18-9-10-19-40(39)33-48(47)49-34-41(37-16-7-4-8-17-37)26-31-53(49)57-54(46)52/h3-35H,1-2H3/i1D3,2D3,3D,5D,6D,11D,12D,14D,15D,20D,22D,24D,25D,27D,28D,29D,30D,35D. The van der Waals surface area contributed by atoms with E-state index in [9.17, 15) is 9.60 Å². The molecule has 1 aliphatic carbocycles. The van der Waals surface area contributed by atoms with Crippen LogP contribution in [0.1, 0.15) is 55.0 Å². The van der Waals surface area contributed by atoms with Crippen LogP contribution in [-0.2, 0) is 5.41 Å². The highest BCUT2D eigenvalue weighted by Crippen LogP contribution is 2.55. The van der Waals surface area contributed by atoms with Gasteiger partial charge in [-0.15, -0.1) is 0 Å². The molecule has 0 radical (unpaired) electrons. The quantitative estimate of drug-likeness (QED) is 0.174. The summed E-state index contributed by atoms with van der Waals surface area (Å²) < 4.78 is 208. The molecule has 0 spiro atoms. The fourth-order valence-corrected chi connectivity index (χ4v) is 7.61. The van der Waals surface area contributed by atoms with Crippen molar-refractivity contribution in [3.05, 3.63) is 211 Å². The Labute approximate surface area is 364 Å². The van der Waals surface area contributed by atoms with Gasteiger partial charge in [-0.1, -0.05) is 159 Å². The van der Waals surface area contributed by atoms with Crippen LogP contribution >= 0.6 is 0 Å². The van der Waals surface area contributed by atoms with Gasteiger partial charge in [0.1, 0.15) is 5.75 Å². The van der Waals surface area contributed by atoms with Crippen LogP contribution in [0.15, 0.2) is 200 Å². The summed E-state index contributed by atoms with van der Waals surface area (Å²) in [4.78, 5) is 0.847. The molecule has 9 aromatic rings. The van der Waals surface area contributed by atoms with E-state index in [1.807, 2.05) is 78.9 Å². The highest BCUT2D eigenvalue weighted by atomic mass is 16.5. The number of benzene rings is 9. The van der Waals surface area contributed by atoms with E-state index in [1.165, 1.54) is 12.1 Å². The van der Waals surface area contributed by atoms with Gasteiger partial charge in [0.15, 0.2) is 5.75 Å². The number of anilines is 3. The van der Waals surface area contributed by atoms with Crippen LogP contribution in [0, 0.1) is 0 Å². The predicted octanol–water partition coefficient (Wildman–Crippen LogP) is 15.4. The van der Waals surface area contributed by atoms with E-state index in [-0.39, 0.29) is 17.2 Å². The maximum absolute atomic E-state index is 10.3. The van der Waals surface area contributed by atoms with Gasteiger partial charge in [0.2, 0.25) is 0 Å². The fraction of sp³-hybridized carbons (Fsp3) is 0.0545. The zero-order valence-corrected chi connectivity index (χ0v) is 29.7. The first-order valence-electron chi connectivity index (χ1n) is 29.0. The van der Waals surface area contributed by atoms with Crippen molar-refractivity contribution >= 4 is 27.8 Å². The maximum Gasteiger partial charge on any atom is 0.159 e. The zero-order chi connectivity index (χ0) is 57.0. The monoisotopic (exact) mass is 751 g/mol. The zero-order valence-electron chi connectivity index (χ0n) is 51.7. The minimum atomic E-state index is -3.82. The van der Waals surface area contributed by atoms with Crippen LogP contribution in [0.3, 0.4) is 0 Å². The molecule has 0 amide bonds. The molecule has 2 nitrogen and oxygen atoms in total. The smallest absolute Gasteiger partial charge is 0.159 e. The lowest BCUT2D eigenvalue weighted by Crippen LogP contribution is -2.17. The molecule has 0 atom stereocenters. The van der Waals surface area contributed by atoms with E-state index >= 15 is 0 Å². The van der Waals surface area contributed by atoms with Crippen molar-refractivity contribution in [1.82, 2.24) is 0 Å². The number of ether oxygens (including phenoxy) is 1.